The highest BCUT2D eigenvalue weighted by atomic mass is 32.2. The van der Waals surface area contributed by atoms with Crippen LogP contribution in [0.5, 0.6) is 0 Å². The first kappa shape index (κ1) is 19.0. The number of esters is 1. The number of aliphatic hydroxyl groups is 1. The van der Waals surface area contributed by atoms with E-state index in [9.17, 15) is 14.7 Å². The van der Waals surface area contributed by atoms with Crippen molar-refractivity contribution in [2.45, 2.75) is 50.1 Å². The van der Waals surface area contributed by atoms with Crippen LogP contribution in [0.4, 0.5) is 10.5 Å². The Bertz CT molecular complexity index is 635. The first-order valence-electron chi connectivity index (χ1n) is 9.13. The van der Waals surface area contributed by atoms with Gasteiger partial charge in [-0.15, -0.1) is 11.8 Å². The highest BCUT2D eigenvalue weighted by Gasteiger charge is 2.38. The van der Waals surface area contributed by atoms with Gasteiger partial charge in [-0.2, -0.15) is 0 Å². The third-order valence-electron chi connectivity index (χ3n) is 4.76. The highest BCUT2D eigenvalue weighted by molar-refractivity contribution is 7.99. The molecule has 0 aliphatic carbocycles. The molecule has 0 bridgehead atoms. The fourth-order valence-corrected chi connectivity index (χ4v) is 4.27. The first-order chi connectivity index (χ1) is 12.6. The highest BCUT2D eigenvalue weighted by Crippen LogP contribution is 2.36. The summed E-state index contributed by atoms with van der Waals surface area (Å²) in [5.41, 5.74) is 1.56. The number of hydrogen-bond donors (Lipinski definition) is 1. The average molecular weight is 379 g/mol. The van der Waals surface area contributed by atoms with E-state index in [4.69, 9.17) is 9.47 Å². The van der Waals surface area contributed by atoms with E-state index >= 15 is 0 Å². The molecule has 3 atom stereocenters. The minimum atomic E-state index is -0.871. The van der Waals surface area contributed by atoms with Gasteiger partial charge in [-0.1, -0.05) is 25.5 Å². The maximum atomic E-state index is 12.1. The number of hydrogen-bond acceptors (Lipinski definition) is 6. The fraction of sp³-hybridized carbons (Fsp3) is 0.579. The standard InChI is InChI=1S/C19H25NO5S/c1-2-3-9-24-18(22)16-12-20(19(23)25-16)15-6-4-13(5-7-15)14-8-10-26-17(21)11-14/h4-7,14,16-17,21H,2-3,8-12H2,1H3/t14-,16-,17-/m1/s1. The van der Waals surface area contributed by atoms with Crippen molar-refractivity contribution in [2.24, 2.45) is 0 Å². The van der Waals surface area contributed by atoms with Crippen molar-refractivity contribution in [3.8, 4) is 0 Å². The second-order valence-corrected chi connectivity index (χ2v) is 7.93. The van der Waals surface area contributed by atoms with Crippen molar-refractivity contribution in [1.82, 2.24) is 0 Å². The number of anilines is 1. The molecule has 26 heavy (non-hydrogen) atoms. The first-order valence-corrected chi connectivity index (χ1v) is 10.2. The van der Waals surface area contributed by atoms with Crippen LogP contribution in [0.25, 0.3) is 0 Å². The van der Waals surface area contributed by atoms with Gasteiger partial charge in [0.05, 0.1) is 18.6 Å². The van der Waals surface area contributed by atoms with E-state index in [-0.39, 0.29) is 12.0 Å². The van der Waals surface area contributed by atoms with Gasteiger partial charge in [-0.05, 0) is 48.6 Å². The second-order valence-electron chi connectivity index (χ2n) is 6.64. The van der Waals surface area contributed by atoms with Crippen LogP contribution in [-0.4, -0.2) is 47.6 Å². The topological polar surface area (TPSA) is 76.1 Å². The van der Waals surface area contributed by atoms with Crippen molar-refractivity contribution in [1.29, 1.82) is 0 Å². The van der Waals surface area contributed by atoms with Crippen LogP contribution in [0, 0.1) is 0 Å². The van der Waals surface area contributed by atoms with Gasteiger partial charge in [-0.3, -0.25) is 4.90 Å². The maximum Gasteiger partial charge on any atom is 0.415 e. The molecule has 142 valence electrons. The molecule has 0 spiro atoms. The lowest BCUT2D eigenvalue weighted by molar-refractivity contribution is -0.151. The van der Waals surface area contributed by atoms with Crippen molar-refractivity contribution in [3.63, 3.8) is 0 Å². The molecule has 1 aromatic rings. The Morgan fingerprint density at radius 1 is 1.38 bits per heavy atom. The van der Waals surface area contributed by atoms with Crippen LogP contribution >= 0.6 is 11.8 Å². The third-order valence-corrected chi connectivity index (χ3v) is 5.80. The van der Waals surface area contributed by atoms with Gasteiger partial charge in [0.1, 0.15) is 0 Å². The summed E-state index contributed by atoms with van der Waals surface area (Å²) in [4.78, 5) is 25.6. The Hall–Kier alpha value is -1.73. The molecule has 6 nitrogen and oxygen atoms in total. The van der Waals surface area contributed by atoms with Crippen molar-refractivity contribution >= 4 is 29.5 Å². The van der Waals surface area contributed by atoms with E-state index in [1.54, 1.807) is 11.8 Å². The zero-order valence-electron chi connectivity index (χ0n) is 14.9. The summed E-state index contributed by atoms with van der Waals surface area (Å²) in [5, 5.41) is 9.81. The molecule has 2 heterocycles. The molecule has 2 aliphatic heterocycles. The average Bonchev–Trinajstić information content (AvgIpc) is 3.04. The van der Waals surface area contributed by atoms with Crippen LogP contribution in [0.3, 0.4) is 0 Å². The Morgan fingerprint density at radius 3 is 2.85 bits per heavy atom. The van der Waals surface area contributed by atoms with Crippen LogP contribution in [0.2, 0.25) is 0 Å². The largest absolute Gasteiger partial charge is 0.463 e. The molecule has 0 saturated carbocycles. The monoisotopic (exact) mass is 379 g/mol. The summed E-state index contributed by atoms with van der Waals surface area (Å²) in [6.07, 6.45) is 2.13. The van der Waals surface area contributed by atoms with Crippen molar-refractivity contribution in [3.05, 3.63) is 29.8 Å². The van der Waals surface area contributed by atoms with Crippen molar-refractivity contribution in [2.75, 3.05) is 23.8 Å². The number of unbranched alkanes of at least 4 members (excludes halogenated alkanes) is 1. The minimum absolute atomic E-state index is 0.169. The van der Waals surface area contributed by atoms with Gasteiger partial charge < -0.3 is 14.6 Å². The lowest BCUT2D eigenvalue weighted by Gasteiger charge is -2.26. The molecule has 2 aliphatic rings. The molecule has 0 aromatic heterocycles. The molecule has 2 fully saturated rings. The summed E-state index contributed by atoms with van der Waals surface area (Å²) < 4.78 is 10.3. The Labute approximate surface area is 157 Å². The lowest BCUT2D eigenvalue weighted by atomic mass is 9.93. The molecular weight excluding hydrogens is 354 g/mol. The quantitative estimate of drug-likeness (QED) is 0.604. The maximum absolute atomic E-state index is 12.1. The number of aliphatic hydroxyl groups excluding tert-OH is 1. The predicted octanol–water partition coefficient (Wildman–Crippen LogP) is 3.28. The molecule has 1 amide bonds. The Kier molecular flexibility index (Phi) is 6.43. The molecule has 0 radical (unpaired) electrons. The number of benzene rings is 1. The third kappa shape index (κ3) is 4.51. The number of amides is 1. The molecule has 1 N–H and O–H groups in total. The molecule has 7 heteroatoms. The van der Waals surface area contributed by atoms with Gasteiger partial charge in [0.2, 0.25) is 6.10 Å². The van der Waals surface area contributed by atoms with Crippen LogP contribution < -0.4 is 4.90 Å². The summed E-state index contributed by atoms with van der Waals surface area (Å²) in [7, 11) is 0. The second kappa shape index (κ2) is 8.77. The van der Waals surface area contributed by atoms with Gasteiger partial charge >= 0.3 is 12.1 Å². The van der Waals surface area contributed by atoms with Gasteiger partial charge in [-0.25, -0.2) is 9.59 Å². The van der Waals surface area contributed by atoms with E-state index < -0.39 is 18.2 Å². The van der Waals surface area contributed by atoms with Crippen molar-refractivity contribution < 1.29 is 24.2 Å². The molecule has 1 aromatic carbocycles. The molecule has 2 saturated heterocycles. The Morgan fingerprint density at radius 2 is 2.15 bits per heavy atom. The minimum Gasteiger partial charge on any atom is -0.463 e. The SMILES string of the molecule is CCCCOC(=O)[C@H]1CN(c2ccc([C@@H]3CCS[C@@H](O)C3)cc2)C(=O)O1. The summed E-state index contributed by atoms with van der Waals surface area (Å²) in [6.45, 7) is 2.53. The number of thioether (sulfide) groups is 1. The van der Waals surface area contributed by atoms with Crippen LogP contribution in [0.15, 0.2) is 24.3 Å². The summed E-state index contributed by atoms with van der Waals surface area (Å²) >= 11 is 1.59. The fourth-order valence-electron chi connectivity index (χ4n) is 3.21. The predicted molar refractivity (Wildman–Crippen MR) is 100 cm³/mol. The van der Waals surface area contributed by atoms with Gasteiger partial charge in [0.25, 0.3) is 0 Å². The number of nitrogens with zero attached hydrogens (tertiary/aromatic N) is 1. The Balaban J connectivity index is 1.60. The summed E-state index contributed by atoms with van der Waals surface area (Å²) in [6, 6.07) is 7.72. The number of ether oxygens (including phenoxy) is 2. The van der Waals surface area contributed by atoms with E-state index in [1.165, 1.54) is 4.90 Å². The van der Waals surface area contributed by atoms with E-state index in [0.717, 1.165) is 37.0 Å². The molecule has 3 rings (SSSR count). The van der Waals surface area contributed by atoms with E-state index in [0.29, 0.717) is 18.2 Å². The number of carbonyl (C=O) groups excluding carboxylic acids is 2. The number of cyclic esters (lactones) is 1. The van der Waals surface area contributed by atoms with Crippen LogP contribution in [-0.2, 0) is 14.3 Å². The van der Waals surface area contributed by atoms with E-state index in [1.807, 2.05) is 31.2 Å². The zero-order valence-corrected chi connectivity index (χ0v) is 15.7. The lowest BCUT2D eigenvalue weighted by Crippen LogP contribution is -2.29. The van der Waals surface area contributed by atoms with Gasteiger partial charge in [0, 0.05) is 5.69 Å². The van der Waals surface area contributed by atoms with Crippen LogP contribution in [0.1, 0.15) is 44.1 Å². The molecular formula is C19H25NO5S. The smallest absolute Gasteiger partial charge is 0.415 e. The number of carbonyl (C=O) groups is 2. The zero-order chi connectivity index (χ0) is 18.5. The number of rotatable bonds is 6. The van der Waals surface area contributed by atoms with Gasteiger partial charge in [0.15, 0.2) is 0 Å². The van der Waals surface area contributed by atoms with E-state index in [2.05, 4.69) is 0 Å². The molecule has 0 unspecified atom stereocenters. The normalized spacial score (nSPS) is 25.8. The summed E-state index contributed by atoms with van der Waals surface area (Å²) in [5.74, 6) is 0.806.